The minimum atomic E-state index is -0.988. The molecule has 1 atom stereocenters. The quantitative estimate of drug-likeness (QED) is 0.728. The molecule has 2 rings (SSSR count). The molecule has 2 aromatic rings. The molecule has 0 bridgehead atoms. The molecule has 0 aromatic heterocycles. The summed E-state index contributed by atoms with van der Waals surface area (Å²) in [5.74, 6) is -1.59. The summed E-state index contributed by atoms with van der Waals surface area (Å²) >= 11 is 5.99. The highest BCUT2D eigenvalue weighted by Gasteiger charge is 2.17. The van der Waals surface area contributed by atoms with Crippen molar-refractivity contribution in [3.63, 3.8) is 0 Å². The first-order valence-electron chi connectivity index (χ1n) is 7.62. The summed E-state index contributed by atoms with van der Waals surface area (Å²) in [7, 11) is 0. The van der Waals surface area contributed by atoms with Gasteiger partial charge in [0.05, 0.1) is 6.10 Å². The van der Waals surface area contributed by atoms with E-state index in [1.807, 2.05) is 19.1 Å². The maximum atomic E-state index is 12.0. The fraction of sp³-hybridized carbons (Fsp3) is 0.222. The Kier molecular flexibility index (Phi) is 6.35. The Morgan fingerprint density at radius 2 is 1.75 bits per heavy atom. The van der Waals surface area contributed by atoms with Gasteiger partial charge in [0, 0.05) is 22.8 Å². The van der Waals surface area contributed by atoms with E-state index in [0.717, 1.165) is 12.0 Å². The summed E-state index contributed by atoms with van der Waals surface area (Å²) in [6, 6.07) is 14.1. The van der Waals surface area contributed by atoms with Gasteiger partial charge in [-0.05, 0) is 24.1 Å². The van der Waals surface area contributed by atoms with Crippen LogP contribution in [0.3, 0.4) is 0 Å². The van der Waals surface area contributed by atoms with Crippen LogP contribution < -0.4 is 10.6 Å². The number of aryl methyl sites for hydroxylation is 1. The third-order valence-electron chi connectivity index (χ3n) is 3.57. The van der Waals surface area contributed by atoms with E-state index in [2.05, 4.69) is 10.6 Å². The molecular weight excluding hydrogens is 328 g/mol. The van der Waals surface area contributed by atoms with Gasteiger partial charge in [0.1, 0.15) is 0 Å². The van der Waals surface area contributed by atoms with Crippen molar-refractivity contribution in [1.29, 1.82) is 0 Å². The number of aliphatic hydroxyl groups is 1. The molecule has 2 amide bonds. The van der Waals surface area contributed by atoms with Crippen LogP contribution in [0.2, 0.25) is 5.02 Å². The highest BCUT2D eigenvalue weighted by molar-refractivity contribution is 6.39. The van der Waals surface area contributed by atoms with Crippen LogP contribution in [0.15, 0.2) is 48.5 Å². The second kappa shape index (κ2) is 8.47. The molecule has 3 N–H and O–H groups in total. The minimum absolute atomic E-state index is 0.106. The van der Waals surface area contributed by atoms with Crippen molar-refractivity contribution in [3.8, 4) is 0 Å². The topological polar surface area (TPSA) is 78.4 Å². The first-order chi connectivity index (χ1) is 11.5. The van der Waals surface area contributed by atoms with Crippen molar-refractivity contribution >= 4 is 29.1 Å². The summed E-state index contributed by atoms with van der Waals surface area (Å²) in [6.07, 6.45) is -0.248. The Hall–Kier alpha value is -2.37. The number of rotatable bonds is 5. The van der Waals surface area contributed by atoms with Crippen LogP contribution in [0.5, 0.6) is 0 Å². The molecule has 0 saturated carbocycles. The summed E-state index contributed by atoms with van der Waals surface area (Å²) in [5.41, 5.74) is 2.04. The molecule has 0 spiro atoms. The number of hydrogen-bond acceptors (Lipinski definition) is 3. The van der Waals surface area contributed by atoms with Crippen molar-refractivity contribution < 1.29 is 14.7 Å². The van der Waals surface area contributed by atoms with E-state index in [0.29, 0.717) is 16.3 Å². The van der Waals surface area contributed by atoms with Gasteiger partial charge in [-0.3, -0.25) is 9.59 Å². The van der Waals surface area contributed by atoms with E-state index in [1.165, 1.54) is 0 Å². The summed E-state index contributed by atoms with van der Waals surface area (Å²) in [4.78, 5) is 23.9. The van der Waals surface area contributed by atoms with Gasteiger partial charge >= 0.3 is 11.8 Å². The zero-order valence-corrected chi connectivity index (χ0v) is 14.0. The van der Waals surface area contributed by atoms with E-state index in [4.69, 9.17) is 11.6 Å². The molecule has 0 aliphatic rings. The van der Waals surface area contributed by atoms with Gasteiger partial charge in [-0.25, -0.2) is 0 Å². The normalized spacial score (nSPS) is 11.6. The first kappa shape index (κ1) is 18.0. The molecule has 126 valence electrons. The number of benzene rings is 2. The average Bonchev–Trinajstić information content (AvgIpc) is 2.60. The van der Waals surface area contributed by atoms with Crippen LogP contribution in [-0.4, -0.2) is 23.5 Å². The van der Waals surface area contributed by atoms with Crippen molar-refractivity contribution in [2.24, 2.45) is 0 Å². The Morgan fingerprint density at radius 1 is 1.08 bits per heavy atom. The summed E-state index contributed by atoms with van der Waals surface area (Å²) in [6.45, 7) is 1.86. The Morgan fingerprint density at radius 3 is 2.46 bits per heavy atom. The smallest absolute Gasteiger partial charge is 0.313 e. The van der Waals surface area contributed by atoms with Crippen LogP contribution in [0, 0.1) is 0 Å². The molecule has 0 aliphatic heterocycles. The number of para-hydroxylation sites is 1. The van der Waals surface area contributed by atoms with E-state index in [1.54, 1.807) is 36.4 Å². The number of nitrogens with one attached hydrogen (secondary N) is 2. The monoisotopic (exact) mass is 346 g/mol. The Bertz CT molecular complexity index is 734. The zero-order chi connectivity index (χ0) is 17.5. The second-order valence-corrected chi connectivity index (χ2v) is 5.62. The molecule has 0 heterocycles. The van der Waals surface area contributed by atoms with E-state index < -0.39 is 17.9 Å². The fourth-order valence-corrected chi connectivity index (χ4v) is 2.52. The third-order valence-corrected chi connectivity index (χ3v) is 3.92. The highest BCUT2D eigenvalue weighted by Crippen LogP contribution is 2.21. The zero-order valence-electron chi connectivity index (χ0n) is 13.3. The third kappa shape index (κ3) is 4.57. The molecule has 6 heteroatoms. The van der Waals surface area contributed by atoms with Crippen molar-refractivity contribution in [2.75, 3.05) is 11.9 Å². The Labute approximate surface area is 145 Å². The van der Waals surface area contributed by atoms with Gasteiger partial charge in [-0.15, -0.1) is 0 Å². The van der Waals surface area contributed by atoms with E-state index in [-0.39, 0.29) is 6.54 Å². The lowest BCUT2D eigenvalue weighted by Gasteiger charge is -2.14. The SMILES string of the molecule is CCc1ccccc1NC(=O)C(=O)NCC(O)c1ccccc1Cl. The second-order valence-electron chi connectivity index (χ2n) is 5.21. The van der Waals surface area contributed by atoms with E-state index in [9.17, 15) is 14.7 Å². The standard InChI is InChI=1S/C18H19ClN2O3/c1-2-12-7-3-6-10-15(12)21-18(24)17(23)20-11-16(22)13-8-4-5-9-14(13)19/h3-10,16,22H,2,11H2,1H3,(H,20,23)(H,21,24). The fourth-order valence-electron chi connectivity index (χ4n) is 2.25. The molecule has 0 saturated heterocycles. The van der Waals surface area contributed by atoms with Crippen LogP contribution in [0.25, 0.3) is 0 Å². The summed E-state index contributed by atoms with van der Waals surface area (Å²) in [5, 5.41) is 15.5. The van der Waals surface area contributed by atoms with Crippen LogP contribution >= 0.6 is 11.6 Å². The van der Waals surface area contributed by atoms with Crippen LogP contribution in [0.4, 0.5) is 5.69 Å². The number of carbonyl (C=O) groups is 2. The van der Waals surface area contributed by atoms with Gasteiger partial charge in [0.25, 0.3) is 0 Å². The number of carbonyl (C=O) groups excluding carboxylic acids is 2. The van der Waals surface area contributed by atoms with Gasteiger partial charge < -0.3 is 15.7 Å². The number of anilines is 1. The van der Waals surface area contributed by atoms with Crippen molar-refractivity contribution in [3.05, 3.63) is 64.7 Å². The molecule has 2 aromatic carbocycles. The largest absolute Gasteiger partial charge is 0.387 e. The lowest BCUT2D eigenvalue weighted by molar-refractivity contribution is -0.136. The average molecular weight is 347 g/mol. The molecule has 1 unspecified atom stereocenters. The molecular formula is C18H19ClN2O3. The summed E-state index contributed by atoms with van der Waals surface area (Å²) < 4.78 is 0. The van der Waals surface area contributed by atoms with Crippen molar-refractivity contribution in [1.82, 2.24) is 5.32 Å². The minimum Gasteiger partial charge on any atom is -0.387 e. The van der Waals surface area contributed by atoms with Crippen LogP contribution in [0.1, 0.15) is 24.2 Å². The molecule has 5 nitrogen and oxygen atoms in total. The molecule has 0 radical (unpaired) electrons. The first-order valence-corrected chi connectivity index (χ1v) is 8.00. The molecule has 0 aliphatic carbocycles. The number of aliphatic hydroxyl groups excluding tert-OH is 1. The van der Waals surface area contributed by atoms with Crippen LogP contribution in [-0.2, 0) is 16.0 Å². The van der Waals surface area contributed by atoms with E-state index >= 15 is 0 Å². The lowest BCUT2D eigenvalue weighted by Crippen LogP contribution is -2.37. The number of amides is 2. The van der Waals surface area contributed by atoms with Gasteiger partial charge in [0.15, 0.2) is 0 Å². The maximum Gasteiger partial charge on any atom is 0.313 e. The molecule has 0 fully saturated rings. The Balaban J connectivity index is 1.92. The lowest BCUT2D eigenvalue weighted by atomic mass is 10.1. The predicted molar refractivity (Wildman–Crippen MR) is 93.9 cm³/mol. The molecule has 24 heavy (non-hydrogen) atoms. The number of halogens is 1. The van der Waals surface area contributed by atoms with Gasteiger partial charge in [-0.1, -0.05) is 54.9 Å². The highest BCUT2D eigenvalue weighted by atomic mass is 35.5. The van der Waals surface area contributed by atoms with Crippen molar-refractivity contribution in [2.45, 2.75) is 19.4 Å². The number of hydrogen-bond donors (Lipinski definition) is 3. The van der Waals surface area contributed by atoms with Gasteiger partial charge in [0.2, 0.25) is 0 Å². The predicted octanol–water partition coefficient (Wildman–Crippen LogP) is 2.69. The maximum absolute atomic E-state index is 12.0. The van der Waals surface area contributed by atoms with Gasteiger partial charge in [-0.2, -0.15) is 0 Å².